The normalized spacial score (nSPS) is 11.7. The lowest BCUT2D eigenvalue weighted by Gasteiger charge is -2.05. The molecular formula is C16H15FN4O3S2. The molecule has 0 saturated carbocycles. The zero-order valence-electron chi connectivity index (χ0n) is 13.6. The van der Waals surface area contributed by atoms with Crippen LogP contribution in [0.1, 0.15) is 0 Å². The molecule has 0 fully saturated rings. The van der Waals surface area contributed by atoms with Gasteiger partial charge in [-0.1, -0.05) is 17.8 Å². The monoisotopic (exact) mass is 394 g/mol. The van der Waals surface area contributed by atoms with Crippen LogP contribution in [0.3, 0.4) is 0 Å². The highest BCUT2D eigenvalue weighted by molar-refractivity contribution is 7.99. The van der Waals surface area contributed by atoms with Gasteiger partial charge in [0.25, 0.3) is 0 Å². The first-order valence-electron chi connectivity index (χ1n) is 7.41. The summed E-state index contributed by atoms with van der Waals surface area (Å²) in [5, 5.41) is 8.27. The molecule has 0 atom stereocenters. The molecule has 136 valence electrons. The Balaban J connectivity index is 1.74. The van der Waals surface area contributed by atoms with Gasteiger partial charge in [-0.15, -0.1) is 0 Å². The van der Waals surface area contributed by atoms with Crippen molar-refractivity contribution in [3.8, 4) is 0 Å². The molecule has 1 heterocycles. The largest absolute Gasteiger partial charge is 0.325 e. The van der Waals surface area contributed by atoms with Crippen LogP contribution in [0.5, 0.6) is 0 Å². The van der Waals surface area contributed by atoms with Gasteiger partial charge in [-0.2, -0.15) is 0 Å². The summed E-state index contributed by atoms with van der Waals surface area (Å²) in [6, 6.07) is 10.0. The van der Waals surface area contributed by atoms with E-state index in [9.17, 15) is 17.6 Å². The first-order chi connectivity index (χ1) is 12.2. The fourth-order valence-corrected chi connectivity index (χ4v) is 3.68. The van der Waals surface area contributed by atoms with Gasteiger partial charge in [-0.3, -0.25) is 4.79 Å². The zero-order valence-corrected chi connectivity index (χ0v) is 15.3. The molecule has 2 aromatic carbocycles. The Morgan fingerprint density at radius 3 is 2.77 bits per heavy atom. The van der Waals surface area contributed by atoms with Crippen LogP contribution in [0, 0.1) is 5.82 Å². The molecule has 0 radical (unpaired) electrons. The van der Waals surface area contributed by atoms with Gasteiger partial charge in [0.05, 0.1) is 21.7 Å². The number of carbonyl (C=O) groups excluding carboxylic acids is 1. The zero-order chi connectivity index (χ0) is 18.9. The predicted molar refractivity (Wildman–Crippen MR) is 97.8 cm³/mol. The second-order valence-electron chi connectivity index (χ2n) is 5.50. The van der Waals surface area contributed by atoms with Gasteiger partial charge in [-0.05, 0) is 36.4 Å². The number of fused-ring (bicyclic) bond motifs is 1. The average molecular weight is 394 g/mol. The number of halogens is 1. The van der Waals surface area contributed by atoms with Crippen LogP contribution in [-0.4, -0.2) is 29.6 Å². The van der Waals surface area contributed by atoms with Crippen LogP contribution in [0.2, 0.25) is 0 Å². The van der Waals surface area contributed by atoms with E-state index < -0.39 is 15.8 Å². The minimum absolute atomic E-state index is 0.0245. The van der Waals surface area contributed by atoms with Crippen LogP contribution in [-0.2, 0) is 21.9 Å². The van der Waals surface area contributed by atoms with Crippen LogP contribution < -0.4 is 10.5 Å². The van der Waals surface area contributed by atoms with Gasteiger partial charge in [0.1, 0.15) is 5.82 Å². The summed E-state index contributed by atoms with van der Waals surface area (Å²) in [5.74, 6) is -0.676. The van der Waals surface area contributed by atoms with E-state index >= 15 is 0 Å². The van der Waals surface area contributed by atoms with Gasteiger partial charge in [0, 0.05) is 12.7 Å². The molecule has 7 nitrogen and oxygen atoms in total. The van der Waals surface area contributed by atoms with E-state index in [0.29, 0.717) is 21.9 Å². The van der Waals surface area contributed by atoms with Gasteiger partial charge < -0.3 is 9.88 Å². The molecule has 1 amide bonds. The number of nitrogens with one attached hydrogen (secondary N) is 1. The van der Waals surface area contributed by atoms with Crippen molar-refractivity contribution in [2.75, 3.05) is 11.1 Å². The summed E-state index contributed by atoms with van der Waals surface area (Å²) in [5.41, 5.74) is 1.55. The first-order valence-corrected chi connectivity index (χ1v) is 9.95. The summed E-state index contributed by atoms with van der Waals surface area (Å²) in [6.07, 6.45) is 0. The predicted octanol–water partition coefficient (Wildman–Crippen LogP) is 2.09. The highest BCUT2D eigenvalue weighted by atomic mass is 32.2. The number of rotatable bonds is 5. The fraction of sp³-hybridized carbons (Fsp3) is 0.125. The number of amides is 1. The Labute approximate surface area is 153 Å². The molecule has 3 rings (SSSR count). The fourth-order valence-electron chi connectivity index (χ4n) is 2.36. The van der Waals surface area contributed by atoms with Crippen molar-refractivity contribution in [1.29, 1.82) is 0 Å². The van der Waals surface area contributed by atoms with Crippen LogP contribution >= 0.6 is 11.8 Å². The number of nitrogens with zero attached hydrogens (tertiary/aromatic N) is 2. The maximum Gasteiger partial charge on any atom is 0.238 e. The molecule has 0 aliphatic carbocycles. The van der Waals surface area contributed by atoms with E-state index in [1.165, 1.54) is 42.1 Å². The van der Waals surface area contributed by atoms with E-state index in [2.05, 4.69) is 10.3 Å². The lowest BCUT2D eigenvalue weighted by Crippen LogP contribution is -2.14. The number of hydrogen-bond acceptors (Lipinski definition) is 5. The number of primary sulfonamides is 1. The average Bonchev–Trinajstić information content (AvgIpc) is 2.88. The van der Waals surface area contributed by atoms with Gasteiger partial charge in [0.15, 0.2) is 5.16 Å². The number of hydrogen-bond donors (Lipinski definition) is 2. The summed E-state index contributed by atoms with van der Waals surface area (Å²) in [6.45, 7) is 0. The Morgan fingerprint density at radius 2 is 2.08 bits per heavy atom. The van der Waals surface area contributed by atoms with Crippen molar-refractivity contribution < 1.29 is 17.6 Å². The smallest absolute Gasteiger partial charge is 0.238 e. The number of anilines is 1. The Kier molecular flexibility index (Phi) is 4.99. The van der Waals surface area contributed by atoms with Gasteiger partial charge >= 0.3 is 0 Å². The number of benzene rings is 2. The SMILES string of the molecule is Cn1c(SCC(=O)Nc2cccc(F)c2)nc2cc(S(N)(=O)=O)ccc21. The molecule has 0 aliphatic heterocycles. The maximum absolute atomic E-state index is 13.1. The van der Waals surface area contributed by atoms with Gasteiger partial charge in [-0.25, -0.2) is 22.9 Å². The van der Waals surface area contributed by atoms with Crippen molar-refractivity contribution in [2.45, 2.75) is 10.1 Å². The number of carbonyl (C=O) groups is 1. The molecule has 0 spiro atoms. The van der Waals surface area contributed by atoms with E-state index in [1.807, 2.05) is 0 Å². The molecule has 10 heteroatoms. The first kappa shape index (κ1) is 18.4. The summed E-state index contributed by atoms with van der Waals surface area (Å²) >= 11 is 1.18. The lowest BCUT2D eigenvalue weighted by molar-refractivity contribution is -0.113. The minimum Gasteiger partial charge on any atom is -0.325 e. The second kappa shape index (κ2) is 7.06. The van der Waals surface area contributed by atoms with E-state index in [1.54, 1.807) is 23.7 Å². The van der Waals surface area contributed by atoms with Crippen molar-refractivity contribution in [2.24, 2.45) is 12.2 Å². The molecule has 3 N–H and O–H groups in total. The standard InChI is InChI=1S/C16H15FN4O3S2/c1-21-14-6-5-12(26(18,23)24)8-13(14)20-16(21)25-9-15(22)19-11-4-2-3-10(17)7-11/h2-8H,9H2,1H3,(H,19,22)(H2,18,23,24). The number of aryl methyl sites for hydroxylation is 1. The Bertz CT molecular complexity index is 1100. The summed E-state index contributed by atoms with van der Waals surface area (Å²) < 4.78 is 37.8. The summed E-state index contributed by atoms with van der Waals surface area (Å²) in [7, 11) is -2.05. The van der Waals surface area contributed by atoms with E-state index in [4.69, 9.17) is 5.14 Å². The number of imidazole rings is 1. The van der Waals surface area contributed by atoms with Crippen molar-refractivity contribution in [3.63, 3.8) is 0 Å². The third kappa shape index (κ3) is 4.03. The summed E-state index contributed by atoms with van der Waals surface area (Å²) in [4.78, 5) is 16.3. The van der Waals surface area contributed by atoms with Crippen LogP contribution in [0.4, 0.5) is 10.1 Å². The van der Waals surface area contributed by atoms with Crippen molar-refractivity contribution in [1.82, 2.24) is 9.55 Å². The highest BCUT2D eigenvalue weighted by Gasteiger charge is 2.14. The molecule has 26 heavy (non-hydrogen) atoms. The molecule has 3 aromatic rings. The molecular weight excluding hydrogens is 379 g/mol. The maximum atomic E-state index is 13.1. The van der Waals surface area contributed by atoms with E-state index in [-0.39, 0.29) is 16.6 Å². The topological polar surface area (TPSA) is 107 Å². The highest BCUT2D eigenvalue weighted by Crippen LogP contribution is 2.25. The van der Waals surface area contributed by atoms with Gasteiger partial charge in [0.2, 0.25) is 15.9 Å². The lowest BCUT2D eigenvalue weighted by atomic mass is 10.3. The number of thioether (sulfide) groups is 1. The molecule has 0 unspecified atom stereocenters. The molecule has 0 aliphatic rings. The Hall–Kier alpha value is -2.43. The third-order valence-electron chi connectivity index (χ3n) is 3.58. The third-order valence-corrected chi connectivity index (χ3v) is 5.52. The number of nitrogens with two attached hydrogens (primary N) is 1. The minimum atomic E-state index is -3.81. The second-order valence-corrected chi connectivity index (χ2v) is 8.00. The van der Waals surface area contributed by atoms with Crippen molar-refractivity contribution in [3.05, 3.63) is 48.3 Å². The van der Waals surface area contributed by atoms with E-state index in [0.717, 1.165) is 0 Å². The van der Waals surface area contributed by atoms with Crippen LogP contribution in [0.15, 0.2) is 52.5 Å². The molecule has 0 saturated heterocycles. The molecule has 0 bridgehead atoms. The number of sulfonamides is 1. The Morgan fingerprint density at radius 1 is 1.31 bits per heavy atom. The van der Waals surface area contributed by atoms with Crippen LogP contribution in [0.25, 0.3) is 11.0 Å². The quantitative estimate of drug-likeness (QED) is 0.645. The number of aromatic nitrogens is 2. The van der Waals surface area contributed by atoms with Crippen molar-refractivity contribution >= 4 is 44.4 Å². The molecule has 1 aromatic heterocycles.